The predicted octanol–water partition coefficient (Wildman–Crippen LogP) is 5.53. The maximum atomic E-state index is 13.3. The summed E-state index contributed by atoms with van der Waals surface area (Å²) < 4.78 is 13.3. The fourth-order valence-corrected chi connectivity index (χ4v) is 5.55. The predicted molar refractivity (Wildman–Crippen MR) is 103 cm³/mol. The highest BCUT2D eigenvalue weighted by Crippen LogP contribution is 2.42. The number of fused-ring (bicyclic) bond motifs is 3. The molecule has 1 aliphatic carbocycles. The molecule has 26 heavy (non-hydrogen) atoms. The molecule has 0 saturated heterocycles. The number of rotatable bonds is 3. The van der Waals surface area contributed by atoms with Gasteiger partial charge in [0.15, 0.2) is 5.82 Å². The lowest BCUT2D eigenvalue weighted by Gasteiger charge is -2.07. The van der Waals surface area contributed by atoms with Gasteiger partial charge in [0.1, 0.15) is 15.7 Å². The van der Waals surface area contributed by atoms with Crippen molar-refractivity contribution in [2.45, 2.75) is 29.2 Å². The Balaban J connectivity index is 1.69. The van der Waals surface area contributed by atoms with Crippen LogP contribution in [0.3, 0.4) is 0 Å². The number of hydrogen-bond donors (Lipinski definition) is 0. The average Bonchev–Trinajstić information content (AvgIpc) is 3.25. The average molecular weight is 379 g/mol. The van der Waals surface area contributed by atoms with Crippen molar-refractivity contribution in [1.29, 1.82) is 0 Å². The van der Waals surface area contributed by atoms with E-state index in [-0.39, 0.29) is 5.82 Å². The zero-order valence-corrected chi connectivity index (χ0v) is 15.4. The number of thiophene rings is 1. The van der Waals surface area contributed by atoms with Gasteiger partial charge in [-0.15, -0.1) is 11.3 Å². The maximum Gasteiger partial charge on any atom is 0.163 e. The Kier molecular flexibility index (Phi) is 3.94. The summed E-state index contributed by atoms with van der Waals surface area (Å²) in [5.41, 5.74) is 2.30. The fourth-order valence-electron chi connectivity index (χ4n) is 3.27. The molecule has 6 heteroatoms. The van der Waals surface area contributed by atoms with Crippen molar-refractivity contribution < 1.29 is 4.39 Å². The molecule has 0 radical (unpaired) electrons. The topological polar surface area (TPSA) is 38.7 Å². The summed E-state index contributed by atoms with van der Waals surface area (Å²) in [6, 6.07) is 10.4. The summed E-state index contributed by atoms with van der Waals surface area (Å²) in [6.45, 7) is 0. The standard InChI is InChI=1S/C20H14FN3S2/c21-13-6-8-14(9-7-13)25-19-17-15-4-1-5-16(15)26-20(17)24-18(23-19)12-3-2-10-22-11-12/h2-3,6-11H,1,4-5H2. The summed E-state index contributed by atoms with van der Waals surface area (Å²) in [4.78, 5) is 17.3. The fraction of sp³-hybridized carbons (Fsp3) is 0.150. The molecule has 3 heterocycles. The first kappa shape index (κ1) is 15.9. The molecule has 0 spiro atoms. The zero-order valence-electron chi connectivity index (χ0n) is 13.8. The number of nitrogens with zero attached hydrogens (tertiary/aromatic N) is 3. The van der Waals surface area contributed by atoms with E-state index in [2.05, 4.69) is 4.98 Å². The molecule has 0 saturated carbocycles. The van der Waals surface area contributed by atoms with Crippen LogP contribution in [0.25, 0.3) is 21.6 Å². The second-order valence-electron chi connectivity index (χ2n) is 6.19. The highest BCUT2D eigenvalue weighted by molar-refractivity contribution is 7.99. The Hall–Kier alpha value is -2.31. The summed E-state index contributed by atoms with van der Waals surface area (Å²) >= 11 is 3.35. The summed E-state index contributed by atoms with van der Waals surface area (Å²) in [5.74, 6) is 0.463. The van der Waals surface area contributed by atoms with Crippen LogP contribution < -0.4 is 0 Å². The first-order chi connectivity index (χ1) is 12.8. The molecule has 4 aromatic rings. The molecule has 0 atom stereocenters. The van der Waals surface area contributed by atoms with Crippen molar-refractivity contribution in [3.8, 4) is 11.4 Å². The van der Waals surface area contributed by atoms with Crippen molar-refractivity contribution in [3.05, 3.63) is 65.0 Å². The van der Waals surface area contributed by atoms with Gasteiger partial charge in [-0.1, -0.05) is 11.8 Å². The normalized spacial score (nSPS) is 13.3. The molecule has 0 bridgehead atoms. The van der Waals surface area contributed by atoms with Crippen molar-refractivity contribution in [2.24, 2.45) is 0 Å². The van der Waals surface area contributed by atoms with Crippen LogP contribution in [0, 0.1) is 5.82 Å². The number of hydrogen-bond acceptors (Lipinski definition) is 5. The van der Waals surface area contributed by atoms with Gasteiger partial charge in [0, 0.05) is 33.1 Å². The van der Waals surface area contributed by atoms with Crippen LogP contribution in [0.5, 0.6) is 0 Å². The Morgan fingerprint density at radius 2 is 1.92 bits per heavy atom. The molecule has 0 fully saturated rings. The molecule has 0 amide bonds. The smallest absolute Gasteiger partial charge is 0.163 e. The van der Waals surface area contributed by atoms with Crippen molar-refractivity contribution in [2.75, 3.05) is 0 Å². The van der Waals surface area contributed by atoms with Gasteiger partial charge in [-0.3, -0.25) is 4.98 Å². The van der Waals surface area contributed by atoms with Gasteiger partial charge in [0.25, 0.3) is 0 Å². The SMILES string of the molecule is Fc1ccc(Sc2nc(-c3cccnc3)nc3sc4c(c23)CCC4)cc1. The molecule has 5 rings (SSSR count). The third kappa shape index (κ3) is 2.79. The van der Waals surface area contributed by atoms with Gasteiger partial charge in [0.05, 0.1) is 0 Å². The van der Waals surface area contributed by atoms with Gasteiger partial charge in [0.2, 0.25) is 0 Å². The van der Waals surface area contributed by atoms with Gasteiger partial charge in [-0.25, -0.2) is 14.4 Å². The Labute approximate surface area is 158 Å². The summed E-state index contributed by atoms with van der Waals surface area (Å²) in [6.07, 6.45) is 6.94. The molecule has 1 aliphatic rings. The minimum Gasteiger partial charge on any atom is -0.264 e. The van der Waals surface area contributed by atoms with E-state index in [1.54, 1.807) is 47.6 Å². The van der Waals surface area contributed by atoms with Gasteiger partial charge in [-0.05, 0) is 61.2 Å². The van der Waals surface area contributed by atoms with E-state index in [9.17, 15) is 4.39 Å². The maximum absolute atomic E-state index is 13.3. The number of benzene rings is 1. The monoisotopic (exact) mass is 379 g/mol. The lowest BCUT2D eigenvalue weighted by molar-refractivity contribution is 0.626. The van der Waals surface area contributed by atoms with E-state index < -0.39 is 0 Å². The molecule has 0 unspecified atom stereocenters. The highest BCUT2D eigenvalue weighted by Gasteiger charge is 2.23. The van der Waals surface area contributed by atoms with E-state index in [4.69, 9.17) is 9.97 Å². The second kappa shape index (κ2) is 6.45. The second-order valence-corrected chi connectivity index (χ2v) is 8.33. The third-order valence-corrected chi connectivity index (χ3v) is 6.66. The Bertz CT molecular complexity index is 1090. The minimum absolute atomic E-state index is 0.227. The van der Waals surface area contributed by atoms with E-state index in [1.165, 1.54) is 34.4 Å². The lowest BCUT2D eigenvalue weighted by atomic mass is 10.2. The van der Waals surface area contributed by atoms with Crippen LogP contribution in [0.1, 0.15) is 16.9 Å². The molecule has 3 aromatic heterocycles. The lowest BCUT2D eigenvalue weighted by Crippen LogP contribution is -1.94. The molecule has 3 nitrogen and oxygen atoms in total. The van der Waals surface area contributed by atoms with E-state index in [0.29, 0.717) is 5.82 Å². The van der Waals surface area contributed by atoms with Crippen LogP contribution >= 0.6 is 23.1 Å². The van der Waals surface area contributed by atoms with Gasteiger partial charge >= 0.3 is 0 Å². The Morgan fingerprint density at radius 3 is 2.73 bits per heavy atom. The largest absolute Gasteiger partial charge is 0.264 e. The molecule has 0 N–H and O–H groups in total. The molecular formula is C20H14FN3S2. The van der Waals surface area contributed by atoms with Crippen LogP contribution in [-0.2, 0) is 12.8 Å². The summed E-state index contributed by atoms with van der Waals surface area (Å²) in [7, 11) is 0. The van der Waals surface area contributed by atoms with Gasteiger partial charge < -0.3 is 0 Å². The zero-order chi connectivity index (χ0) is 17.5. The number of pyridine rings is 1. The van der Waals surface area contributed by atoms with Crippen LogP contribution in [0.2, 0.25) is 0 Å². The molecule has 1 aromatic carbocycles. The highest BCUT2D eigenvalue weighted by atomic mass is 32.2. The van der Waals surface area contributed by atoms with E-state index in [1.807, 2.05) is 12.1 Å². The van der Waals surface area contributed by atoms with Crippen LogP contribution in [0.15, 0.2) is 58.7 Å². The third-order valence-electron chi connectivity index (χ3n) is 4.48. The number of aryl methyl sites for hydroxylation is 2. The number of aromatic nitrogens is 3. The number of halogens is 1. The van der Waals surface area contributed by atoms with E-state index in [0.717, 1.165) is 33.2 Å². The van der Waals surface area contributed by atoms with Crippen LogP contribution in [0.4, 0.5) is 4.39 Å². The first-order valence-electron chi connectivity index (χ1n) is 8.44. The first-order valence-corrected chi connectivity index (χ1v) is 10.1. The van der Waals surface area contributed by atoms with Crippen molar-refractivity contribution in [1.82, 2.24) is 15.0 Å². The Morgan fingerprint density at radius 1 is 1.04 bits per heavy atom. The van der Waals surface area contributed by atoms with E-state index >= 15 is 0 Å². The quantitative estimate of drug-likeness (QED) is 0.439. The molecule has 128 valence electrons. The van der Waals surface area contributed by atoms with Crippen molar-refractivity contribution >= 4 is 33.3 Å². The minimum atomic E-state index is -0.227. The van der Waals surface area contributed by atoms with Crippen molar-refractivity contribution in [3.63, 3.8) is 0 Å². The van der Waals surface area contributed by atoms with Gasteiger partial charge in [-0.2, -0.15) is 0 Å². The van der Waals surface area contributed by atoms with Crippen LogP contribution in [-0.4, -0.2) is 15.0 Å². The molecular weight excluding hydrogens is 365 g/mol. The summed E-state index contributed by atoms with van der Waals surface area (Å²) in [5, 5.41) is 2.12. The molecule has 0 aliphatic heterocycles.